The molecule has 5 heteroatoms. The van der Waals surface area contributed by atoms with Crippen molar-refractivity contribution < 1.29 is 14.6 Å². The van der Waals surface area contributed by atoms with Crippen molar-refractivity contribution in [2.75, 3.05) is 7.11 Å². The molecule has 5 nitrogen and oxygen atoms in total. The second-order valence-electron chi connectivity index (χ2n) is 4.44. The predicted molar refractivity (Wildman–Crippen MR) is 75.4 cm³/mol. The maximum absolute atomic E-state index is 12.2. The van der Waals surface area contributed by atoms with E-state index in [-0.39, 0.29) is 5.56 Å². The van der Waals surface area contributed by atoms with Crippen molar-refractivity contribution in [1.29, 1.82) is 0 Å². The fourth-order valence-electron chi connectivity index (χ4n) is 2.11. The molecule has 0 saturated carbocycles. The zero-order valence-corrected chi connectivity index (χ0v) is 11.5. The van der Waals surface area contributed by atoms with Crippen LogP contribution in [0.5, 0.6) is 5.75 Å². The summed E-state index contributed by atoms with van der Waals surface area (Å²) in [5.41, 5.74) is 0.866. The van der Waals surface area contributed by atoms with Crippen LogP contribution in [-0.2, 0) is 7.05 Å². The third-order valence-corrected chi connectivity index (χ3v) is 3.28. The largest absolute Gasteiger partial charge is 0.496 e. The number of nitrogens with zero attached hydrogens (tertiary/aromatic N) is 1. The molecule has 2 aromatic rings. The highest BCUT2D eigenvalue weighted by Crippen LogP contribution is 2.31. The van der Waals surface area contributed by atoms with E-state index in [0.717, 1.165) is 0 Å². The number of aromatic nitrogens is 1. The molecule has 0 radical (unpaired) electrons. The molecule has 1 N–H and O–H groups in total. The third kappa shape index (κ3) is 2.18. The molecule has 0 spiro atoms. The minimum atomic E-state index is -1.24. The molecule has 0 bridgehead atoms. The smallest absolute Gasteiger partial charge is 0.341 e. The van der Waals surface area contributed by atoms with Crippen LogP contribution < -0.4 is 10.3 Å². The number of carboxylic acids is 1. The fraction of sp³-hybridized carbons (Fsp3) is 0.200. The molecule has 1 heterocycles. The summed E-state index contributed by atoms with van der Waals surface area (Å²) in [6, 6.07) is 8.71. The van der Waals surface area contributed by atoms with Crippen LogP contribution in [0.15, 0.2) is 35.1 Å². The maximum atomic E-state index is 12.2. The summed E-state index contributed by atoms with van der Waals surface area (Å²) < 4.78 is 6.56. The van der Waals surface area contributed by atoms with Crippen LogP contribution in [0.25, 0.3) is 11.1 Å². The summed E-state index contributed by atoms with van der Waals surface area (Å²) in [4.78, 5) is 23.6. The lowest BCUT2D eigenvalue weighted by Gasteiger charge is -2.13. The van der Waals surface area contributed by atoms with Gasteiger partial charge in [-0.3, -0.25) is 4.79 Å². The average molecular weight is 273 g/mol. The molecule has 0 unspecified atom stereocenters. The monoisotopic (exact) mass is 273 g/mol. The summed E-state index contributed by atoms with van der Waals surface area (Å²) in [7, 11) is 3.06. The quantitative estimate of drug-likeness (QED) is 0.929. The number of para-hydroxylation sites is 1. The molecular formula is C15H15NO4. The first-order valence-electron chi connectivity index (χ1n) is 6.04. The number of pyridine rings is 1. The molecule has 1 aromatic carbocycles. The molecule has 104 valence electrons. The maximum Gasteiger partial charge on any atom is 0.341 e. The zero-order valence-electron chi connectivity index (χ0n) is 11.5. The standard InChI is InChI=1S/C15H15NO4/c1-9-8-11(10-6-4-5-7-12(10)20-3)13(15(18)19)14(17)16(9)2/h4-8H,1-3H3,(H,18,19). The normalized spacial score (nSPS) is 10.3. The van der Waals surface area contributed by atoms with Crippen molar-refractivity contribution in [3.63, 3.8) is 0 Å². The van der Waals surface area contributed by atoms with Crippen molar-refractivity contribution in [3.05, 3.63) is 51.9 Å². The van der Waals surface area contributed by atoms with E-state index in [1.165, 1.54) is 11.7 Å². The minimum absolute atomic E-state index is 0.248. The number of hydrogen-bond donors (Lipinski definition) is 1. The van der Waals surface area contributed by atoms with E-state index in [1.807, 2.05) is 0 Å². The van der Waals surface area contributed by atoms with Gasteiger partial charge < -0.3 is 14.4 Å². The van der Waals surface area contributed by atoms with E-state index in [2.05, 4.69) is 0 Å². The number of methoxy groups -OCH3 is 1. The Hall–Kier alpha value is -2.56. The fourth-order valence-corrected chi connectivity index (χ4v) is 2.11. The second kappa shape index (κ2) is 5.21. The molecule has 0 amide bonds. The summed E-state index contributed by atoms with van der Waals surface area (Å²) >= 11 is 0. The van der Waals surface area contributed by atoms with Crippen molar-refractivity contribution in [1.82, 2.24) is 4.57 Å². The Kier molecular flexibility index (Phi) is 3.61. The highest BCUT2D eigenvalue weighted by molar-refractivity contribution is 5.96. The molecule has 2 rings (SSSR count). The first-order valence-corrected chi connectivity index (χ1v) is 6.04. The predicted octanol–water partition coefficient (Wildman–Crippen LogP) is 2.07. The van der Waals surface area contributed by atoms with Gasteiger partial charge in [-0.2, -0.15) is 0 Å². The Balaban J connectivity index is 2.87. The Morgan fingerprint density at radius 2 is 1.90 bits per heavy atom. The zero-order chi connectivity index (χ0) is 14.9. The van der Waals surface area contributed by atoms with E-state index in [1.54, 1.807) is 44.3 Å². The van der Waals surface area contributed by atoms with Gasteiger partial charge in [0.05, 0.1) is 7.11 Å². The Morgan fingerprint density at radius 1 is 1.25 bits per heavy atom. The average Bonchev–Trinajstić information content (AvgIpc) is 2.43. The van der Waals surface area contributed by atoms with Crippen LogP contribution >= 0.6 is 0 Å². The van der Waals surface area contributed by atoms with Crippen molar-refractivity contribution >= 4 is 5.97 Å². The third-order valence-electron chi connectivity index (χ3n) is 3.28. The van der Waals surface area contributed by atoms with Crippen LogP contribution in [-0.4, -0.2) is 22.8 Å². The topological polar surface area (TPSA) is 68.5 Å². The molecule has 0 atom stereocenters. The van der Waals surface area contributed by atoms with Gasteiger partial charge in [-0.15, -0.1) is 0 Å². The minimum Gasteiger partial charge on any atom is -0.496 e. The first kappa shape index (κ1) is 13.9. The summed E-state index contributed by atoms with van der Waals surface area (Å²) in [6.45, 7) is 1.76. The van der Waals surface area contributed by atoms with Gasteiger partial charge in [-0.25, -0.2) is 4.79 Å². The molecule has 0 aliphatic heterocycles. The Labute approximate surface area is 116 Å². The van der Waals surface area contributed by atoms with Crippen LogP contribution in [0.4, 0.5) is 0 Å². The van der Waals surface area contributed by atoms with E-state index >= 15 is 0 Å². The van der Waals surface area contributed by atoms with Gasteiger partial charge in [0.1, 0.15) is 11.3 Å². The van der Waals surface area contributed by atoms with E-state index in [9.17, 15) is 14.7 Å². The van der Waals surface area contributed by atoms with Crippen molar-refractivity contribution in [2.45, 2.75) is 6.92 Å². The lowest BCUT2D eigenvalue weighted by atomic mass is 9.99. The summed E-state index contributed by atoms with van der Waals surface area (Å²) in [6.07, 6.45) is 0. The number of rotatable bonds is 3. The lowest BCUT2D eigenvalue weighted by Crippen LogP contribution is -2.26. The van der Waals surface area contributed by atoms with E-state index < -0.39 is 11.5 Å². The highest BCUT2D eigenvalue weighted by Gasteiger charge is 2.20. The van der Waals surface area contributed by atoms with Crippen LogP contribution in [0.1, 0.15) is 16.1 Å². The van der Waals surface area contributed by atoms with E-state index in [0.29, 0.717) is 22.6 Å². The number of carbonyl (C=O) groups is 1. The van der Waals surface area contributed by atoms with E-state index in [4.69, 9.17) is 4.74 Å². The molecule has 0 saturated heterocycles. The number of ether oxygens (including phenoxy) is 1. The van der Waals surface area contributed by atoms with Gasteiger partial charge in [0, 0.05) is 23.9 Å². The van der Waals surface area contributed by atoms with Gasteiger partial charge in [0.25, 0.3) is 5.56 Å². The van der Waals surface area contributed by atoms with Gasteiger partial charge in [-0.05, 0) is 19.1 Å². The first-order chi connectivity index (χ1) is 9.47. The molecule has 0 aliphatic carbocycles. The van der Waals surface area contributed by atoms with Crippen LogP contribution in [0.3, 0.4) is 0 Å². The summed E-state index contributed by atoms with van der Waals surface area (Å²) in [5, 5.41) is 9.33. The van der Waals surface area contributed by atoms with Crippen LogP contribution in [0, 0.1) is 6.92 Å². The van der Waals surface area contributed by atoms with Crippen LogP contribution in [0.2, 0.25) is 0 Å². The molecule has 1 aromatic heterocycles. The molecule has 20 heavy (non-hydrogen) atoms. The number of aryl methyl sites for hydroxylation is 1. The Bertz CT molecular complexity index is 731. The van der Waals surface area contributed by atoms with Gasteiger partial charge >= 0.3 is 5.97 Å². The highest BCUT2D eigenvalue weighted by atomic mass is 16.5. The molecule has 0 fully saturated rings. The van der Waals surface area contributed by atoms with Crippen molar-refractivity contribution in [2.24, 2.45) is 7.05 Å². The SMILES string of the molecule is COc1ccccc1-c1cc(C)n(C)c(=O)c1C(=O)O. The second-order valence-corrected chi connectivity index (χ2v) is 4.44. The molecular weight excluding hydrogens is 258 g/mol. The number of benzene rings is 1. The van der Waals surface area contributed by atoms with Gasteiger partial charge in [0.15, 0.2) is 0 Å². The number of carboxylic acid groups (broad SMARTS) is 1. The number of hydrogen-bond acceptors (Lipinski definition) is 3. The van der Waals surface area contributed by atoms with Crippen molar-refractivity contribution in [3.8, 4) is 16.9 Å². The summed E-state index contributed by atoms with van der Waals surface area (Å²) in [5.74, 6) is -0.714. The Morgan fingerprint density at radius 3 is 2.50 bits per heavy atom. The number of aromatic carboxylic acids is 1. The van der Waals surface area contributed by atoms with Gasteiger partial charge in [0.2, 0.25) is 0 Å². The lowest BCUT2D eigenvalue weighted by molar-refractivity contribution is 0.0695. The van der Waals surface area contributed by atoms with Gasteiger partial charge in [-0.1, -0.05) is 18.2 Å². The molecule has 0 aliphatic rings.